The predicted octanol–water partition coefficient (Wildman–Crippen LogP) is 0.447. The van der Waals surface area contributed by atoms with Gasteiger partial charge < -0.3 is 10.1 Å². The molecule has 1 N–H and O–H groups in total. The second-order valence-electron chi connectivity index (χ2n) is 3.84. The lowest BCUT2D eigenvalue weighted by molar-refractivity contribution is -0.149. The fourth-order valence-corrected chi connectivity index (χ4v) is 3.36. The zero-order valence-corrected chi connectivity index (χ0v) is 9.41. The number of carbonyl (C=O) groups excluding carboxylic acids is 2. The van der Waals surface area contributed by atoms with Gasteiger partial charge in [0.1, 0.15) is 0 Å². The minimum Gasteiger partial charge on any atom is -0.469 e. The van der Waals surface area contributed by atoms with Gasteiger partial charge in [-0.2, -0.15) is 0 Å². The summed E-state index contributed by atoms with van der Waals surface area (Å²) in [6.45, 7) is 0. The van der Waals surface area contributed by atoms with Crippen molar-refractivity contribution in [1.82, 2.24) is 5.32 Å². The molecule has 1 amide bonds. The van der Waals surface area contributed by atoms with Gasteiger partial charge in [0.15, 0.2) is 0 Å². The van der Waals surface area contributed by atoms with Gasteiger partial charge in [-0.15, -0.1) is 0 Å². The van der Waals surface area contributed by atoms with Gasteiger partial charge in [-0.05, 0) is 12.3 Å². The normalized spacial score (nSPS) is 40.6. The maximum Gasteiger partial charge on any atom is 0.311 e. The molecule has 0 aromatic carbocycles. The first kappa shape index (κ1) is 9.96. The summed E-state index contributed by atoms with van der Waals surface area (Å²) in [5, 5.41) is 2.83. The summed E-state index contributed by atoms with van der Waals surface area (Å²) in [5.41, 5.74) is 0. The largest absolute Gasteiger partial charge is 0.469 e. The molecule has 1 aliphatic heterocycles. The lowest BCUT2D eigenvalue weighted by Crippen LogP contribution is -2.47. The second kappa shape index (κ2) is 3.53. The lowest BCUT2D eigenvalue weighted by atomic mass is 9.87. The third-order valence-corrected chi connectivity index (χ3v) is 4.13. The zero-order valence-electron chi connectivity index (χ0n) is 7.83. The highest BCUT2D eigenvalue weighted by Crippen LogP contribution is 2.42. The van der Waals surface area contributed by atoms with Crippen LogP contribution in [-0.2, 0) is 14.3 Å². The summed E-state index contributed by atoms with van der Waals surface area (Å²) < 4.78 is 4.74. The van der Waals surface area contributed by atoms with Crippen molar-refractivity contribution in [2.75, 3.05) is 7.11 Å². The standard InChI is InChI=1S/C9H12BrNO3/c1-14-9(13)8-4-2-7(12)11-6(8)3-5(4)10/h4-6,8H,2-3H2,1H3,(H,11,12)/t4-,5+,6+,8+/m0/s1. The predicted molar refractivity (Wildman–Crippen MR) is 52.9 cm³/mol. The molecule has 2 aliphatic rings. The van der Waals surface area contributed by atoms with Crippen molar-refractivity contribution < 1.29 is 14.3 Å². The molecule has 4 atom stereocenters. The molecule has 1 saturated carbocycles. The van der Waals surface area contributed by atoms with Gasteiger partial charge in [-0.1, -0.05) is 15.9 Å². The number of halogens is 1. The highest BCUT2D eigenvalue weighted by atomic mass is 79.9. The second-order valence-corrected chi connectivity index (χ2v) is 5.02. The Bertz CT molecular complexity index is 281. The number of carbonyl (C=O) groups is 2. The Kier molecular flexibility index (Phi) is 2.51. The van der Waals surface area contributed by atoms with Gasteiger partial charge in [0.2, 0.25) is 5.91 Å². The average molecular weight is 262 g/mol. The first-order valence-electron chi connectivity index (χ1n) is 4.64. The summed E-state index contributed by atoms with van der Waals surface area (Å²) in [6, 6.07) is -0.0434. The van der Waals surface area contributed by atoms with E-state index < -0.39 is 0 Å². The topological polar surface area (TPSA) is 55.4 Å². The number of methoxy groups -OCH3 is 1. The van der Waals surface area contributed by atoms with Crippen LogP contribution in [0.3, 0.4) is 0 Å². The number of amides is 1. The van der Waals surface area contributed by atoms with Gasteiger partial charge in [0.05, 0.1) is 13.0 Å². The van der Waals surface area contributed by atoms with Crippen molar-refractivity contribution in [3.05, 3.63) is 0 Å². The molecular formula is C9H12BrNO3. The van der Waals surface area contributed by atoms with E-state index in [0.29, 0.717) is 6.42 Å². The van der Waals surface area contributed by atoms with Crippen LogP contribution >= 0.6 is 15.9 Å². The summed E-state index contributed by atoms with van der Waals surface area (Å²) in [4.78, 5) is 23.0. The van der Waals surface area contributed by atoms with E-state index in [1.165, 1.54) is 7.11 Å². The maximum absolute atomic E-state index is 11.5. The monoisotopic (exact) mass is 261 g/mol. The van der Waals surface area contributed by atoms with Gasteiger partial charge in [0.25, 0.3) is 0 Å². The molecular weight excluding hydrogens is 250 g/mol. The summed E-state index contributed by atoms with van der Waals surface area (Å²) in [7, 11) is 1.39. The van der Waals surface area contributed by atoms with Crippen molar-refractivity contribution in [3.63, 3.8) is 0 Å². The van der Waals surface area contributed by atoms with Crippen molar-refractivity contribution >= 4 is 27.8 Å². The summed E-state index contributed by atoms with van der Waals surface area (Å²) >= 11 is 3.51. The van der Waals surface area contributed by atoms with Gasteiger partial charge >= 0.3 is 5.97 Å². The zero-order chi connectivity index (χ0) is 10.3. The van der Waals surface area contributed by atoms with Crippen LogP contribution in [0, 0.1) is 11.8 Å². The van der Waals surface area contributed by atoms with E-state index >= 15 is 0 Å². The summed E-state index contributed by atoms with van der Waals surface area (Å²) in [5.74, 6) is -0.229. The summed E-state index contributed by atoms with van der Waals surface area (Å²) in [6.07, 6.45) is 1.24. The molecule has 0 aromatic heterocycles. The Labute approximate surface area is 90.5 Å². The van der Waals surface area contributed by atoms with Crippen LogP contribution in [0.2, 0.25) is 0 Å². The molecule has 0 unspecified atom stereocenters. The minimum atomic E-state index is -0.207. The number of ether oxygens (including phenoxy) is 1. The minimum absolute atomic E-state index is 0.0434. The molecule has 14 heavy (non-hydrogen) atoms. The van der Waals surface area contributed by atoms with Crippen LogP contribution in [0.15, 0.2) is 0 Å². The highest BCUT2D eigenvalue weighted by Gasteiger charge is 2.51. The van der Waals surface area contributed by atoms with Crippen molar-refractivity contribution in [2.45, 2.75) is 23.7 Å². The molecule has 4 nitrogen and oxygen atoms in total. The third kappa shape index (κ3) is 1.43. The van der Waals surface area contributed by atoms with E-state index in [9.17, 15) is 9.59 Å². The maximum atomic E-state index is 11.5. The smallest absolute Gasteiger partial charge is 0.311 e. The SMILES string of the molecule is COC(=O)[C@@H]1[C@H]2CC(=O)N[C@@H]1C[C@H]2Br. The molecule has 2 fully saturated rings. The van der Waals surface area contributed by atoms with Crippen LogP contribution in [0.5, 0.6) is 0 Å². The molecule has 0 spiro atoms. The van der Waals surface area contributed by atoms with E-state index in [1.807, 2.05) is 0 Å². The number of rotatable bonds is 1. The Morgan fingerprint density at radius 3 is 2.93 bits per heavy atom. The first-order chi connectivity index (χ1) is 6.63. The number of hydrogen-bond acceptors (Lipinski definition) is 3. The molecule has 5 heteroatoms. The van der Waals surface area contributed by atoms with Crippen molar-refractivity contribution in [1.29, 1.82) is 0 Å². The van der Waals surface area contributed by atoms with Crippen LogP contribution in [-0.4, -0.2) is 29.9 Å². The van der Waals surface area contributed by atoms with E-state index in [1.54, 1.807) is 0 Å². The number of alkyl halides is 1. The molecule has 0 aromatic rings. The van der Waals surface area contributed by atoms with Gasteiger partial charge in [0, 0.05) is 17.3 Å². The number of hydrogen-bond donors (Lipinski definition) is 1. The van der Waals surface area contributed by atoms with E-state index in [-0.39, 0.29) is 34.6 Å². The molecule has 2 rings (SSSR count). The van der Waals surface area contributed by atoms with Crippen molar-refractivity contribution in [3.8, 4) is 0 Å². The third-order valence-electron chi connectivity index (χ3n) is 3.08. The fraction of sp³-hybridized carbons (Fsp3) is 0.778. The van der Waals surface area contributed by atoms with E-state index in [2.05, 4.69) is 21.2 Å². The molecule has 0 radical (unpaired) electrons. The molecule has 78 valence electrons. The van der Waals surface area contributed by atoms with Crippen LogP contribution in [0.1, 0.15) is 12.8 Å². The van der Waals surface area contributed by atoms with E-state index in [0.717, 1.165) is 6.42 Å². The number of piperidine rings is 1. The Morgan fingerprint density at radius 2 is 2.36 bits per heavy atom. The quantitative estimate of drug-likeness (QED) is 0.551. The van der Waals surface area contributed by atoms with Crippen LogP contribution in [0.25, 0.3) is 0 Å². The molecule has 1 heterocycles. The van der Waals surface area contributed by atoms with Gasteiger partial charge in [-0.3, -0.25) is 9.59 Å². The van der Waals surface area contributed by atoms with Crippen molar-refractivity contribution in [2.24, 2.45) is 11.8 Å². The number of esters is 1. The first-order valence-corrected chi connectivity index (χ1v) is 5.56. The lowest BCUT2D eigenvalue weighted by Gasteiger charge is -2.28. The molecule has 1 aliphatic carbocycles. The van der Waals surface area contributed by atoms with Crippen LogP contribution in [0.4, 0.5) is 0 Å². The fourth-order valence-electron chi connectivity index (χ4n) is 2.45. The Balaban J connectivity index is 2.20. The van der Waals surface area contributed by atoms with E-state index in [4.69, 9.17) is 4.74 Å². The Hall–Kier alpha value is -0.580. The number of fused-ring (bicyclic) bond motifs is 2. The molecule has 2 bridgehead atoms. The average Bonchev–Trinajstić information content (AvgIpc) is 2.34. The van der Waals surface area contributed by atoms with Crippen LogP contribution < -0.4 is 5.32 Å². The van der Waals surface area contributed by atoms with Gasteiger partial charge in [-0.25, -0.2) is 0 Å². The highest BCUT2D eigenvalue weighted by molar-refractivity contribution is 9.09. The number of nitrogens with one attached hydrogen (secondary N) is 1. The Morgan fingerprint density at radius 1 is 1.64 bits per heavy atom. The molecule has 1 saturated heterocycles.